The fourth-order valence-corrected chi connectivity index (χ4v) is 4.29. The van der Waals surface area contributed by atoms with Crippen LogP contribution < -0.4 is 15.4 Å². The number of methoxy groups -OCH3 is 1. The van der Waals surface area contributed by atoms with Crippen LogP contribution in [0.5, 0.6) is 5.75 Å². The first kappa shape index (κ1) is 19.5. The summed E-state index contributed by atoms with van der Waals surface area (Å²) < 4.78 is 5.55. The van der Waals surface area contributed by atoms with E-state index in [1.54, 1.807) is 14.2 Å². The highest BCUT2D eigenvalue weighted by Gasteiger charge is 2.41. The Kier molecular flexibility index (Phi) is 6.24. The van der Waals surface area contributed by atoms with Gasteiger partial charge in [-0.05, 0) is 37.7 Å². The highest BCUT2D eigenvalue weighted by atomic mass is 16.5. The molecule has 3 amide bonds. The number of urea groups is 1. The molecule has 6 heteroatoms. The maximum Gasteiger partial charge on any atom is 0.317 e. The molecule has 1 aliphatic carbocycles. The highest BCUT2D eigenvalue weighted by Crippen LogP contribution is 2.46. The van der Waals surface area contributed by atoms with Crippen molar-refractivity contribution >= 4 is 11.9 Å². The van der Waals surface area contributed by atoms with Gasteiger partial charge in [0.05, 0.1) is 7.11 Å². The Hall–Kier alpha value is -2.24. The predicted molar refractivity (Wildman–Crippen MR) is 105 cm³/mol. The lowest BCUT2D eigenvalue weighted by molar-refractivity contribution is -0.121. The minimum Gasteiger partial charge on any atom is -0.496 e. The molecule has 1 aromatic rings. The first-order chi connectivity index (χ1) is 13.1. The van der Waals surface area contributed by atoms with Gasteiger partial charge in [-0.3, -0.25) is 4.79 Å². The van der Waals surface area contributed by atoms with Crippen LogP contribution in [-0.4, -0.2) is 50.6 Å². The third kappa shape index (κ3) is 4.37. The maximum absolute atomic E-state index is 12.7. The number of hydrogen-bond acceptors (Lipinski definition) is 3. The van der Waals surface area contributed by atoms with Crippen LogP contribution in [0.4, 0.5) is 4.79 Å². The van der Waals surface area contributed by atoms with Gasteiger partial charge in [-0.2, -0.15) is 0 Å². The molecule has 148 valence electrons. The number of benzene rings is 1. The lowest BCUT2D eigenvalue weighted by atomic mass is 9.64. The minimum absolute atomic E-state index is 0.00886. The number of nitrogens with zero attached hydrogens (tertiary/aromatic N) is 1. The summed E-state index contributed by atoms with van der Waals surface area (Å²) in [6, 6.07) is 8.14. The number of hydrogen-bond donors (Lipinski definition) is 2. The third-order valence-corrected chi connectivity index (χ3v) is 6.22. The number of amides is 3. The van der Waals surface area contributed by atoms with E-state index in [0.29, 0.717) is 18.9 Å². The molecule has 1 aliphatic heterocycles. The highest BCUT2D eigenvalue weighted by molar-refractivity contribution is 5.76. The van der Waals surface area contributed by atoms with Gasteiger partial charge in [0.25, 0.3) is 0 Å². The molecule has 1 heterocycles. The molecule has 0 bridgehead atoms. The van der Waals surface area contributed by atoms with Crippen molar-refractivity contribution in [3.8, 4) is 5.75 Å². The Morgan fingerprint density at radius 2 is 1.93 bits per heavy atom. The molecule has 0 radical (unpaired) electrons. The van der Waals surface area contributed by atoms with E-state index in [0.717, 1.165) is 44.5 Å². The van der Waals surface area contributed by atoms with Gasteiger partial charge >= 0.3 is 6.03 Å². The van der Waals surface area contributed by atoms with Crippen LogP contribution in [0.2, 0.25) is 0 Å². The van der Waals surface area contributed by atoms with E-state index < -0.39 is 0 Å². The monoisotopic (exact) mass is 373 g/mol. The summed E-state index contributed by atoms with van der Waals surface area (Å²) in [6.07, 6.45) is 5.66. The number of piperidine rings is 1. The van der Waals surface area contributed by atoms with Gasteiger partial charge < -0.3 is 20.3 Å². The molecule has 0 atom stereocenters. The van der Waals surface area contributed by atoms with Gasteiger partial charge in [0.2, 0.25) is 5.91 Å². The number of carbonyl (C=O) groups is 2. The topological polar surface area (TPSA) is 70.7 Å². The van der Waals surface area contributed by atoms with Crippen LogP contribution >= 0.6 is 0 Å². The van der Waals surface area contributed by atoms with Gasteiger partial charge in [-0.15, -0.1) is 0 Å². The van der Waals surface area contributed by atoms with Crippen molar-refractivity contribution in [2.75, 3.05) is 33.8 Å². The average molecular weight is 373 g/mol. The van der Waals surface area contributed by atoms with Crippen molar-refractivity contribution in [1.82, 2.24) is 15.5 Å². The van der Waals surface area contributed by atoms with E-state index >= 15 is 0 Å². The van der Waals surface area contributed by atoms with Crippen molar-refractivity contribution in [3.05, 3.63) is 29.8 Å². The molecule has 6 nitrogen and oxygen atoms in total. The largest absolute Gasteiger partial charge is 0.496 e. The van der Waals surface area contributed by atoms with Crippen molar-refractivity contribution < 1.29 is 14.3 Å². The Morgan fingerprint density at radius 1 is 1.22 bits per heavy atom. The second-order valence-electron chi connectivity index (χ2n) is 7.80. The smallest absolute Gasteiger partial charge is 0.317 e. The number of rotatable bonds is 6. The lowest BCUT2D eigenvalue weighted by Gasteiger charge is -2.43. The van der Waals surface area contributed by atoms with Crippen LogP contribution in [-0.2, 0) is 10.2 Å². The molecule has 0 aromatic heterocycles. The quantitative estimate of drug-likeness (QED) is 0.805. The molecule has 1 saturated heterocycles. The van der Waals surface area contributed by atoms with E-state index in [1.807, 2.05) is 23.1 Å². The molecular weight excluding hydrogens is 342 g/mol. The van der Waals surface area contributed by atoms with E-state index in [-0.39, 0.29) is 17.4 Å². The molecule has 1 aromatic carbocycles. The summed E-state index contributed by atoms with van der Waals surface area (Å²) >= 11 is 0. The standard InChI is InChI=1S/C21H31N3O3/c1-22-19(25)14-16-8-12-24(13-9-16)20(26)23-15-21(10-5-11-21)17-6-3-4-7-18(17)27-2/h3-4,6-7,16H,5,8-15H2,1-2H3,(H,22,25)(H,23,26). The summed E-state index contributed by atoms with van der Waals surface area (Å²) in [6.45, 7) is 2.08. The second-order valence-corrected chi connectivity index (χ2v) is 7.80. The zero-order valence-corrected chi connectivity index (χ0v) is 16.4. The first-order valence-corrected chi connectivity index (χ1v) is 9.95. The van der Waals surface area contributed by atoms with Gasteiger partial charge in [0, 0.05) is 44.1 Å². The van der Waals surface area contributed by atoms with Crippen molar-refractivity contribution in [3.63, 3.8) is 0 Å². The van der Waals surface area contributed by atoms with Gasteiger partial charge in [-0.25, -0.2) is 4.79 Å². The summed E-state index contributed by atoms with van der Waals surface area (Å²) in [5.74, 6) is 1.36. The zero-order valence-electron chi connectivity index (χ0n) is 16.4. The molecule has 0 spiro atoms. The molecule has 2 fully saturated rings. The molecule has 0 unspecified atom stereocenters. The number of nitrogens with one attached hydrogen (secondary N) is 2. The van der Waals surface area contributed by atoms with E-state index in [2.05, 4.69) is 16.7 Å². The zero-order chi connectivity index (χ0) is 19.3. The molecule has 3 rings (SSSR count). The van der Waals surface area contributed by atoms with E-state index in [1.165, 1.54) is 12.0 Å². The summed E-state index contributed by atoms with van der Waals surface area (Å²) in [5, 5.41) is 5.84. The summed E-state index contributed by atoms with van der Waals surface area (Å²) in [4.78, 5) is 26.1. The third-order valence-electron chi connectivity index (χ3n) is 6.22. The number of ether oxygens (including phenoxy) is 1. The number of para-hydroxylation sites is 1. The minimum atomic E-state index is -0.0141. The lowest BCUT2D eigenvalue weighted by Crippen LogP contribution is -2.51. The van der Waals surface area contributed by atoms with Gasteiger partial charge in [-0.1, -0.05) is 24.6 Å². The Balaban J connectivity index is 1.53. The molecule has 1 saturated carbocycles. The first-order valence-electron chi connectivity index (χ1n) is 9.95. The van der Waals surface area contributed by atoms with Gasteiger partial charge in [0.15, 0.2) is 0 Å². The van der Waals surface area contributed by atoms with Crippen LogP contribution in [0.25, 0.3) is 0 Å². The van der Waals surface area contributed by atoms with Crippen molar-refractivity contribution in [2.45, 2.75) is 43.9 Å². The Bertz CT molecular complexity index is 664. The Labute approximate surface area is 161 Å². The number of likely N-dealkylation sites (tertiary alicyclic amines) is 1. The Morgan fingerprint density at radius 3 is 2.52 bits per heavy atom. The fraction of sp³-hybridized carbons (Fsp3) is 0.619. The molecule has 2 N–H and O–H groups in total. The van der Waals surface area contributed by atoms with Gasteiger partial charge in [0.1, 0.15) is 5.75 Å². The normalized spacial score (nSPS) is 19.1. The fourth-order valence-electron chi connectivity index (χ4n) is 4.29. The SMILES string of the molecule is CNC(=O)CC1CCN(C(=O)NCC2(c3ccccc3OC)CCC2)CC1. The molecular formula is C21H31N3O3. The van der Waals surface area contributed by atoms with Crippen LogP contribution in [0.1, 0.15) is 44.1 Å². The summed E-state index contributed by atoms with van der Waals surface area (Å²) in [7, 11) is 3.37. The van der Waals surface area contributed by atoms with Crippen LogP contribution in [0, 0.1) is 5.92 Å². The molecule has 2 aliphatic rings. The van der Waals surface area contributed by atoms with E-state index in [4.69, 9.17) is 4.74 Å². The van der Waals surface area contributed by atoms with Crippen LogP contribution in [0.15, 0.2) is 24.3 Å². The van der Waals surface area contributed by atoms with E-state index in [9.17, 15) is 9.59 Å². The van der Waals surface area contributed by atoms with Crippen LogP contribution in [0.3, 0.4) is 0 Å². The molecule has 27 heavy (non-hydrogen) atoms. The average Bonchev–Trinajstić information content (AvgIpc) is 2.67. The van der Waals surface area contributed by atoms with Crippen molar-refractivity contribution in [1.29, 1.82) is 0 Å². The summed E-state index contributed by atoms with van der Waals surface area (Å²) in [5.41, 5.74) is 1.18. The van der Waals surface area contributed by atoms with Crippen molar-refractivity contribution in [2.24, 2.45) is 5.92 Å². The maximum atomic E-state index is 12.7. The predicted octanol–water partition coefficient (Wildman–Crippen LogP) is 2.67. The second kappa shape index (κ2) is 8.63. The number of carbonyl (C=O) groups excluding carboxylic acids is 2.